The summed E-state index contributed by atoms with van der Waals surface area (Å²) in [5, 5.41) is 3.16. The van der Waals surface area contributed by atoms with Crippen LogP contribution in [0.1, 0.15) is 11.6 Å². The molecule has 112 valence electrons. The molecule has 3 nitrogen and oxygen atoms in total. The van der Waals surface area contributed by atoms with E-state index in [1.807, 2.05) is 31.3 Å². The highest BCUT2D eigenvalue weighted by Crippen LogP contribution is 2.26. The molecule has 0 fully saturated rings. The van der Waals surface area contributed by atoms with Crippen molar-refractivity contribution >= 4 is 10.8 Å². The summed E-state index contributed by atoms with van der Waals surface area (Å²) < 4.78 is 30.7. The first-order valence-electron chi connectivity index (χ1n) is 6.60. The monoisotopic (exact) mass is 307 g/mol. The molecule has 1 N–H and O–H groups in total. The SMILES string of the molecule is CNC(CS(=O)c1ccc(F)cc1)c1ccccc1OC. The molecule has 0 amide bonds. The van der Waals surface area contributed by atoms with Crippen LogP contribution in [0.25, 0.3) is 0 Å². The highest BCUT2D eigenvalue weighted by atomic mass is 32.2. The number of nitrogens with one attached hydrogen (secondary N) is 1. The molecular weight excluding hydrogens is 289 g/mol. The van der Waals surface area contributed by atoms with Crippen molar-refractivity contribution in [2.45, 2.75) is 10.9 Å². The highest BCUT2D eigenvalue weighted by molar-refractivity contribution is 7.85. The summed E-state index contributed by atoms with van der Waals surface area (Å²) in [5.41, 5.74) is 0.956. The fourth-order valence-electron chi connectivity index (χ4n) is 2.12. The van der Waals surface area contributed by atoms with Crippen molar-refractivity contribution in [3.8, 4) is 5.75 Å². The van der Waals surface area contributed by atoms with Gasteiger partial charge in [0.2, 0.25) is 0 Å². The first-order chi connectivity index (χ1) is 10.2. The molecule has 0 heterocycles. The maximum absolute atomic E-state index is 12.9. The van der Waals surface area contributed by atoms with Gasteiger partial charge < -0.3 is 10.1 Å². The van der Waals surface area contributed by atoms with Crippen LogP contribution in [0.15, 0.2) is 53.4 Å². The Morgan fingerprint density at radius 1 is 1.19 bits per heavy atom. The maximum Gasteiger partial charge on any atom is 0.123 e. The van der Waals surface area contributed by atoms with Crippen molar-refractivity contribution in [3.05, 3.63) is 59.9 Å². The van der Waals surface area contributed by atoms with Crippen molar-refractivity contribution in [1.29, 1.82) is 0 Å². The lowest BCUT2D eigenvalue weighted by Gasteiger charge is -2.19. The Morgan fingerprint density at radius 3 is 2.48 bits per heavy atom. The molecule has 0 radical (unpaired) electrons. The molecule has 0 spiro atoms. The molecule has 0 saturated heterocycles. The fourth-order valence-corrected chi connectivity index (χ4v) is 3.40. The van der Waals surface area contributed by atoms with Gasteiger partial charge in [-0.25, -0.2) is 4.39 Å². The number of methoxy groups -OCH3 is 1. The minimum absolute atomic E-state index is 0.105. The van der Waals surface area contributed by atoms with Crippen molar-refractivity contribution < 1.29 is 13.3 Å². The zero-order valence-corrected chi connectivity index (χ0v) is 12.8. The van der Waals surface area contributed by atoms with Gasteiger partial charge in [-0.2, -0.15) is 0 Å². The lowest BCUT2D eigenvalue weighted by Crippen LogP contribution is -2.23. The Labute approximate surface area is 126 Å². The van der Waals surface area contributed by atoms with E-state index < -0.39 is 10.8 Å². The second kappa shape index (κ2) is 7.33. The molecule has 0 bridgehead atoms. The molecule has 0 aliphatic rings. The summed E-state index contributed by atoms with van der Waals surface area (Å²) in [6, 6.07) is 13.3. The van der Waals surface area contributed by atoms with Gasteiger partial charge in [0.25, 0.3) is 0 Å². The summed E-state index contributed by atoms with van der Waals surface area (Å²) >= 11 is 0. The largest absolute Gasteiger partial charge is 0.496 e. The number of rotatable bonds is 6. The lowest BCUT2D eigenvalue weighted by atomic mass is 10.1. The average molecular weight is 307 g/mol. The molecular formula is C16H18FNO2S. The van der Waals surface area contributed by atoms with E-state index in [2.05, 4.69) is 5.32 Å². The third-order valence-corrected chi connectivity index (χ3v) is 4.69. The smallest absolute Gasteiger partial charge is 0.123 e. The van der Waals surface area contributed by atoms with E-state index in [1.165, 1.54) is 12.1 Å². The van der Waals surface area contributed by atoms with Crippen molar-refractivity contribution in [3.63, 3.8) is 0 Å². The molecule has 2 unspecified atom stereocenters. The first-order valence-corrected chi connectivity index (χ1v) is 7.91. The summed E-state index contributed by atoms with van der Waals surface area (Å²) in [4.78, 5) is 0.617. The van der Waals surface area contributed by atoms with Crippen molar-refractivity contribution in [2.24, 2.45) is 0 Å². The van der Waals surface area contributed by atoms with Crippen molar-refractivity contribution in [2.75, 3.05) is 19.9 Å². The molecule has 0 saturated carbocycles. The molecule has 5 heteroatoms. The van der Waals surface area contributed by atoms with Crippen LogP contribution in [0.4, 0.5) is 4.39 Å². The molecule has 2 aromatic carbocycles. The fraction of sp³-hybridized carbons (Fsp3) is 0.250. The number of halogens is 1. The average Bonchev–Trinajstić information content (AvgIpc) is 2.53. The van der Waals surface area contributed by atoms with E-state index >= 15 is 0 Å². The van der Waals surface area contributed by atoms with E-state index in [-0.39, 0.29) is 11.9 Å². The molecule has 21 heavy (non-hydrogen) atoms. The van der Waals surface area contributed by atoms with Gasteiger partial charge in [0.05, 0.1) is 17.9 Å². The zero-order valence-electron chi connectivity index (χ0n) is 12.0. The Hall–Kier alpha value is -1.72. The van der Waals surface area contributed by atoms with Gasteiger partial charge in [-0.3, -0.25) is 4.21 Å². The highest BCUT2D eigenvalue weighted by Gasteiger charge is 2.17. The van der Waals surface area contributed by atoms with E-state index in [4.69, 9.17) is 4.74 Å². The van der Waals surface area contributed by atoms with Gasteiger partial charge in [-0.05, 0) is 37.4 Å². The predicted molar refractivity (Wildman–Crippen MR) is 82.5 cm³/mol. The van der Waals surface area contributed by atoms with Crippen molar-refractivity contribution in [1.82, 2.24) is 5.32 Å². The number of hydrogen-bond acceptors (Lipinski definition) is 3. The quantitative estimate of drug-likeness (QED) is 0.892. The summed E-state index contributed by atoms with van der Waals surface area (Å²) in [6.45, 7) is 0. The Morgan fingerprint density at radius 2 is 1.86 bits per heavy atom. The molecule has 2 atom stereocenters. The number of ether oxygens (including phenoxy) is 1. The number of para-hydroxylation sites is 1. The molecule has 0 aromatic heterocycles. The van der Waals surface area contributed by atoms with Crippen LogP contribution in [0.2, 0.25) is 0 Å². The normalized spacial score (nSPS) is 13.7. The Balaban J connectivity index is 2.19. The van der Waals surface area contributed by atoms with E-state index in [9.17, 15) is 8.60 Å². The first kappa shape index (κ1) is 15.7. The lowest BCUT2D eigenvalue weighted by molar-refractivity contribution is 0.404. The number of benzene rings is 2. The van der Waals surface area contributed by atoms with E-state index in [1.54, 1.807) is 19.2 Å². The van der Waals surface area contributed by atoms with Crippen LogP contribution in [0, 0.1) is 5.82 Å². The summed E-state index contributed by atoms with van der Waals surface area (Å²) in [6.07, 6.45) is 0. The van der Waals surface area contributed by atoms with Gasteiger partial charge in [0.1, 0.15) is 11.6 Å². The molecule has 2 aromatic rings. The van der Waals surface area contributed by atoms with Crippen LogP contribution in [-0.2, 0) is 10.8 Å². The molecule has 0 aliphatic carbocycles. The van der Waals surface area contributed by atoms with Gasteiger partial charge in [0, 0.05) is 22.3 Å². The summed E-state index contributed by atoms with van der Waals surface area (Å²) in [7, 11) is 2.21. The van der Waals surface area contributed by atoms with Crippen LogP contribution in [-0.4, -0.2) is 24.1 Å². The minimum Gasteiger partial charge on any atom is -0.496 e. The molecule has 0 aliphatic heterocycles. The van der Waals surface area contributed by atoms with Crippen LogP contribution < -0.4 is 10.1 Å². The molecule has 2 rings (SSSR count). The Bertz CT molecular complexity index is 616. The van der Waals surface area contributed by atoms with Gasteiger partial charge in [-0.1, -0.05) is 18.2 Å². The van der Waals surface area contributed by atoms with Gasteiger partial charge >= 0.3 is 0 Å². The zero-order chi connectivity index (χ0) is 15.2. The third-order valence-electron chi connectivity index (χ3n) is 3.26. The standard InChI is InChI=1S/C16H18FNO2S/c1-18-15(14-5-3-4-6-16(14)20-2)11-21(19)13-9-7-12(17)8-10-13/h3-10,15,18H,11H2,1-2H3. The van der Waals surface area contributed by atoms with Crippen LogP contribution in [0.3, 0.4) is 0 Å². The predicted octanol–water partition coefficient (Wildman–Crippen LogP) is 2.90. The van der Waals surface area contributed by atoms with Crippen LogP contribution in [0.5, 0.6) is 5.75 Å². The van der Waals surface area contributed by atoms with Gasteiger partial charge in [-0.15, -0.1) is 0 Å². The number of hydrogen-bond donors (Lipinski definition) is 1. The van der Waals surface area contributed by atoms with E-state index in [0.29, 0.717) is 10.6 Å². The second-order valence-electron chi connectivity index (χ2n) is 4.55. The third kappa shape index (κ3) is 3.89. The maximum atomic E-state index is 12.9. The van der Waals surface area contributed by atoms with Crippen LogP contribution >= 0.6 is 0 Å². The minimum atomic E-state index is -1.22. The van der Waals surface area contributed by atoms with E-state index in [0.717, 1.165) is 11.3 Å². The Kier molecular flexibility index (Phi) is 5.47. The second-order valence-corrected chi connectivity index (χ2v) is 6.05. The summed E-state index contributed by atoms with van der Waals surface area (Å²) in [5.74, 6) is 0.821. The van der Waals surface area contributed by atoms with Gasteiger partial charge in [0.15, 0.2) is 0 Å². The topological polar surface area (TPSA) is 38.3 Å².